The van der Waals surface area contributed by atoms with Crippen LogP contribution in [0.5, 0.6) is 0 Å². The predicted octanol–water partition coefficient (Wildman–Crippen LogP) is -0.278. The molecule has 0 saturated carbocycles. The molecule has 0 aliphatic heterocycles. The van der Waals surface area contributed by atoms with Crippen LogP contribution in [0.2, 0.25) is 0 Å². The van der Waals surface area contributed by atoms with Crippen LogP contribution in [0.4, 0.5) is 0 Å². The van der Waals surface area contributed by atoms with Crippen LogP contribution in [-0.2, 0) is 38.7 Å². The lowest BCUT2D eigenvalue weighted by molar-refractivity contribution is -0.141. The number of carbonyl (C=O) groups is 2. The lowest BCUT2D eigenvalue weighted by Crippen LogP contribution is -2.18. The molecule has 0 saturated heterocycles. The second-order valence-electron chi connectivity index (χ2n) is 4.66. The summed E-state index contributed by atoms with van der Waals surface area (Å²) in [7, 11) is -4.46. The number of sulfone groups is 2. The highest BCUT2D eigenvalue weighted by atomic mass is 32.2. The van der Waals surface area contributed by atoms with E-state index >= 15 is 0 Å². The highest BCUT2D eigenvalue weighted by Crippen LogP contribution is 2.04. The standard InChI is InChI=1S/C12H22O8S2/c1-19-11(13)5-9-21(15,16)7-3-4-8-22(17,18)10-6-12(14)20-2/h3-10H2,1-2H3. The number of methoxy groups -OCH3 is 2. The molecule has 0 unspecified atom stereocenters. The van der Waals surface area contributed by atoms with Crippen LogP contribution in [0.25, 0.3) is 0 Å². The third-order valence-electron chi connectivity index (χ3n) is 2.85. The van der Waals surface area contributed by atoms with Crippen LogP contribution in [0.3, 0.4) is 0 Å². The summed E-state index contributed by atoms with van der Waals surface area (Å²) < 4.78 is 55.1. The fraction of sp³-hybridized carbons (Fsp3) is 0.833. The van der Waals surface area contributed by atoms with E-state index in [1.54, 1.807) is 0 Å². The third-order valence-corrected chi connectivity index (χ3v) is 6.32. The van der Waals surface area contributed by atoms with E-state index in [1.165, 1.54) is 14.2 Å². The van der Waals surface area contributed by atoms with E-state index in [0.717, 1.165) is 0 Å². The van der Waals surface area contributed by atoms with Crippen molar-refractivity contribution in [1.29, 1.82) is 0 Å². The SMILES string of the molecule is COC(=O)CCS(=O)(=O)CCCCS(=O)(=O)CCC(=O)OC. The number of carbonyl (C=O) groups excluding carboxylic acids is 2. The number of rotatable bonds is 11. The van der Waals surface area contributed by atoms with Gasteiger partial charge in [-0.25, -0.2) is 16.8 Å². The van der Waals surface area contributed by atoms with Gasteiger partial charge >= 0.3 is 11.9 Å². The Hall–Kier alpha value is -1.16. The minimum Gasteiger partial charge on any atom is -0.469 e. The first-order valence-electron chi connectivity index (χ1n) is 6.66. The second kappa shape index (κ2) is 9.78. The summed E-state index contributed by atoms with van der Waals surface area (Å²) in [6.45, 7) is 0. The van der Waals surface area contributed by atoms with Crippen molar-refractivity contribution in [2.24, 2.45) is 0 Å². The van der Waals surface area contributed by atoms with E-state index in [4.69, 9.17) is 0 Å². The van der Waals surface area contributed by atoms with Gasteiger partial charge in [0.15, 0.2) is 19.7 Å². The Kier molecular flexibility index (Phi) is 9.26. The Morgan fingerprint density at radius 1 is 0.682 bits per heavy atom. The molecule has 8 nitrogen and oxygen atoms in total. The van der Waals surface area contributed by atoms with Gasteiger partial charge in [0, 0.05) is 0 Å². The van der Waals surface area contributed by atoms with Crippen LogP contribution >= 0.6 is 0 Å². The summed E-state index contributed by atoms with van der Waals surface area (Å²) in [6.07, 6.45) is -0.0611. The molecule has 0 rings (SSSR count). The van der Waals surface area contributed by atoms with Gasteiger partial charge in [-0.05, 0) is 12.8 Å². The van der Waals surface area contributed by atoms with Crippen molar-refractivity contribution >= 4 is 31.6 Å². The van der Waals surface area contributed by atoms with Gasteiger partial charge in [0.05, 0.1) is 50.1 Å². The Morgan fingerprint density at radius 2 is 1.00 bits per heavy atom. The maximum atomic E-state index is 11.6. The monoisotopic (exact) mass is 358 g/mol. The van der Waals surface area contributed by atoms with Gasteiger partial charge < -0.3 is 9.47 Å². The quantitative estimate of drug-likeness (QED) is 0.365. The molecule has 0 atom stereocenters. The fourth-order valence-corrected chi connectivity index (χ4v) is 4.18. The van der Waals surface area contributed by atoms with E-state index in [-0.39, 0.29) is 48.7 Å². The van der Waals surface area contributed by atoms with Crippen molar-refractivity contribution in [3.05, 3.63) is 0 Å². The van der Waals surface area contributed by atoms with Crippen molar-refractivity contribution in [2.45, 2.75) is 25.7 Å². The molecule has 0 heterocycles. The zero-order valence-corrected chi connectivity index (χ0v) is 14.4. The van der Waals surface area contributed by atoms with E-state index < -0.39 is 31.6 Å². The van der Waals surface area contributed by atoms with Crippen LogP contribution < -0.4 is 0 Å². The Bertz CT molecular complexity index is 510. The molecule has 0 N–H and O–H groups in total. The van der Waals surface area contributed by atoms with Gasteiger partial charge in [-0.3, -0.25) is 9.59 Å². The molecular formula is C12H22O8S2. The van der Waals surface area contributed by atoms with Crippen LogP contribution in [-0.4, -0.2) is 66.0 Å². The zero-order valence-electron chi connectivity index (χ0n) is 12.7. The van der Waals surface area contributed by atoms with E-state index in [0.29, 0.717) is 0 Å². The molecule has 0 fully saturated rings. The van der Waals surface area contributed by atoms with Gasteiger partial charge in [0.25, 0.3) is 0 Å². The summed E-state index contributed by atoms with van der Waals surface area (Å²) >= 11 is 0. The molecule has 0 bridgehead atoms. The number of ether oxygens (including phenoxy) is 2. The summed E-state index contributed by atoms with van der Waals surface area (Å²) in [5.74, 6) is -2.20. The Morgan fingerprint density at radius 3 is 1.27 bits per heavy atom. The van der Waals surface area contributed by atoms with E-state index in [2.05, 4.69) is 9.47 Å². The number of esters is 2. The van der Waals surface area contributed by atoms with Gasteiger partial charge in [-0.1, -0.05) is 0 Å². The maximum absolute atomic E-state index is 11.6. The molecule has 0 amide bonds. The second-order valence-corrected chi connectivity index (χ2v) is 9.27. The third kappa shape index (κ3) is 10.6. The zero-order chi connectivity index (χ0) is 17.2. The maximum Gasteiger partial charge on any atom is 0.306 e. The first-order chi connectivity index (χ1) is 10.1. The molecule has 10 heteroatoms. The summed E-state index contributed by atoms with van der Waals surface area (Å²) in [4.78, 5) is 21.7. The highest BCUT2D eigenvalue weighted by molar-refractivity contribution is 7.91. The van der Waals surface area contributed by atoms with Gasteiger partial charge in [0.1, 0.15) is 0 Å². The lowest BCUT2D eigenvalue weighted by atomic mass is 10.4. The molecule has 0 aliphatic carbocycles. The summed E-state index contributed by atoms with van der Waals surface area (Å²) in [5.41, 5.74) is 0. The molecule has 0 radical (unpaired) electrons. The largest absolute Gasteiger partial charge is 0.469 e. The van der Waals surface area contributed by atoms with Crippen LogP contribution in [0, 0.1) is 0 Å². The lowest BCUT2D eigenvalue weighted by Gasteiger charge is -2.05. The first kappa shape index (κ1) is 20.8. The van der Waals surface area contributed by atoms with Crippen molar-refractivity contribution in [3.8, 4) is 0 Å². The molecular weight excluding hydrogens is 336 g/mol. The van der Waals surface area contributed by atoms with Crippen LogP contribution in [0.1, 0.15) is 25.7 Å². The van der Waals surface area contributed by atoms with E-state index in [9.17, 15) is 26.4 Å². The van der Waals surface area contributed by atoms with Crippen molar-refractivity contribution in [3.63, 3.8) is 0 Å². The van der Waals surface area contributed by atoms with Gasteiger partial charge in [-0.15, -0.1) is 0 Å². The molecule has 0 spiro atoms. The molecule has 0 aliphatic rings. The van der Waals surface area contributed by atoms with Crippen molar-refractivity contribution in [2.75, 3.05) is 37.2 Å². The summed E-state index contributed by atoms with van der Waals surface area (Å²) in [5, 5.41) is 0. The predicted molar refractivity (Wildman–Crippen MR) is 79.8 cm³/mol. The smallest absolute Gasteiger partial charge is 0.306 e. The Balaban J connectivity index is 4.05. The average Bonchev–Trinajstić information content (AvgIpc) is 2.47. The van der Waals surface area contributed by atoms with Gasteiger partial charge in [-0.2, -0.15) is 0 Å². The van der Waals surface area contributed by atoms with Gasteiger partial charge in [0.2, 0.25) is 0 Å². The van der Waals surface area contributed by atoms with Crippen molar-refractivity contribution in [1.82, 2.24) is 0 Å². The first-order valence-corrected chi connectivity index (χ1v) is 10.3. The summed E-state index contributed by atoms with van der Waals surface area (Å²) in [6, 6.07) is 0. The number of hydrogen-bond donors (Lipinski definition) is 0. The van der Waals surface area contributed by atoms with E-state index in [1.807, 2.05) is 0 Å². The molecule has 22 heavy (non-hydrogen) atoms. The fourth-order valence-electron chi connectivity index (χ4n) is 1.53. The minimum atomic E-state index is -3.40. The average molecular weight is 358 g/mol. The normalized spacial score (nSPS) is 11.9. The molecule has 0 aromatic rings. The molecule has 0 aromatic carbocycles. The van der Waals surface area contributed by atoms with Crippen molar-refractivity contribution < 1.29 is 35.9 Å². The topological polar surface area (TPSA) is 121 Å². The highest BCUT2D eigenvalue weighted by Gasteiger charge is 2.16. The number of hydrogen-bond acceptors (Lipinski definition) is 8. The van der Waals surface area contributed by atoms with Crippen LogP contribution in [0.15, 0.2) is 0 Å². The molecule has 0 aromatic heterocycles. The number of unbranched alkanes of at least 4 members (excludes halogenated alkanes) is 1. The molecule has 130 valence electrons. The Labute approximate surface area is 131 Å². The minimum absolute atomic E-state index is 0.182.